The number of aromatic nitrogens is 2. The molecule has 0 bridgehead atoms. The summed E-state index contributed by atoms with van der Waals surface area (Å²) in [6.07, 6.45) is 0. The Balaban J connectivity index is 1.98. The van der Waals surface area contributed by atoms with Crippen molar-refractivity contribution in [2.45, 2.75) is 17.4 Å². The van der Waals surface area contributed by atoms with Gasteiger partial charge in [0.25, 0.3) is 0 Å². The molecule has 1 fully saturated rings. The molecule has 1 aromatic heterocycles. The third-order valence-corrected chi connectivity index (χ3v) is 6.50. The maximum absolute atomic E-state index is 6.20. The Labute approximate surface area is 132 Å². The van der Waals surface area contributed by atoms with Gasteiger partial charge in [-0.1, -0.05) is 48.9 Å². The summed E-state index contributed by atoms with van der Waals surface area (Å²) in [5.41, 5.74) is 1.99. The van der Waals surface area contributed by atoms with E-state index in [0.717, 1.165) is 22.8 Å². The molecule has 0 aliphatic carbocycles. The van der Waals surface area contributed by atoms with Crippen molar-refractivity contribution in [1.29, 1.82) is 0 Å². The summed E-state index contributed by atoms with van der Waals surface area (Å²) in [6.45, 7) is 2.24. The fourth-order valence-electron chi connectivity index (χ4n) is 2.24. The minimum absolute atomic E-state index is 0.329. The van der Waals surface area contributed by atoms with Gasteiger partial charge in [0.05, 0.1) is 10.9 Å². The summed E-state index contributed by atoms with van der Waals surface area (Å²) in [7, 11) is 0. The van der Waals surface area contributed by atoms with Gasteiger partial charge in [-0.25, -0.2) is 9.97 Å². The van der Waals surface area contributed by atoms with Crippen LogP contribution in [0.3, 0.4) is 0 Å². The summed E-state index contributed by atoms with van der Waals surface area (Å²) in [4.78, 5) is 9.20. The van der Waals surface area contributed by atoms with Crippen molar-refractivity contribution in [3.8, 4) is 11.3 Å². The van der Waals surface area contributed by atoms with E-state index in [4.69, 9.17) is 16.6 Å². The molecule has 2 unspecified atom stereocenters. The second-order valence-corrected chi connectivity index (χ2v) is 7.79. The Morgan fingerprint density at radius 1 is 1.10 bits per heavy atom. The highest BCUT2D eigenvalue weighted by Crippen LogP contribution is 2.41. The van der Waals surface area contributed by atoms with E-state index >= 15 is 0 Å². The lowest BCUT2D eigenvalue weighted by molar-refractivity contribution is 0.825. The molecule has 2 aromatic rings. The Hall–Kier alpha value is -0.710. The van der Waals surface area contributed by atoms with E-state index in [0.29, 0.717) is 15.7 Å². The Kier molecular flexibility index (Phi) is 4.54. The van der Waals surface area contributed by atoms with E-state index in [-0.39, 0.29) is 0 Å². The fraction of sp³-hybridized carbons (Fsp3) is 0.333. The second kappa shape index (κ2) is 6.37. The molecule has 0 N–H and O–H groups in total. The van der Waals surface area contributed by atoms with E-state index in [1.54, 1.807) is 0 Å². The monoisotopic (exact) mass is 322 g/mol. The van der Waals surface area contributed by atoms with Crippen LogP contribution in [0.5, 0.6) is 0 Å². The van der Waals surface area contributed by atoms with Gasteiger partial charge in [-0.05, 0) is 0 Å². The zero-order valence-corrected chi connectivity index (χ0v) is 13.5. The molecule has 2 heterocycles. The van der Waals surface area contributed by atoms with Crippen molar-refractivity contribution in [3.05, 3.63) is 47.4 Å². The Morgan fingerprint density at radius 3 is 2.60 bits per heavy atom. The van der Waals surface area contributed by atoms with Gasteiger partial charge in [-0.3, -0.25) is 0 Å². The minimum Gasteiger partial charge on any atom is -0.232 e. The summed E-state index contributed by atoms with van der Waals surface area (Å²) < 4.78 is 0. The van der Waals surface area contributed by atoms with Crippen molar-refractivity contribution in [3.63, 3.8) is 0 Å². The first-order chi connectivity index (χ1) is 9.74. The van der Waals surface area contributed by atoms with Crippen LogP contribution >= 0.6 is 35.1 Å². The van der Waals surface area contributed by atoms with Crippen LogP contribution in [0, 0.1) is 0 Å². The zero-order chi connectivity index (χ0) is 13.9. The van der Waals surface area contributed by atoms with Crippen LogP contribution in [0.4, 0.5) is 0 Å². The number of thioether (sulfide) groups is 2. The van der Waals surface area contributed by atoms with Gasteiger partial charge in [-0.2, -0.15) is 11.8 Å². The molecule has 2 nitrogen and oxygen atoms in total. The molecule has 0 saturated carbocycles. The average Bonchev–Trinajstić information content (AvgIpc) is 2.48. The first kappa shape index (κ1) is 14.2. The van der Waals surface area contributed by atoms with Gasteiger partial charge in [0.1, 0.15) is 11.0 Å². The van der Waals surface area contributed by atoms with E-state index < -0.39 is 0 Å². The first-order valence-corrected chi connectivity index (χ1v) is 9.05. The highest BCUT2D eigenvalue weighted by atomic mass is 35.5. The summed E-state index contributed by atoms with van der Waals surface area (Å²) >= 11 is 10.1. The lowest BCUT2D eigenvalue weighted by Gasteiger charge is -2.26. The van der Waals surface area contributed by atoms with Gasteiger partial charge in [0.15, 0.2) is 0 Å². The summed E-state index contributed by atoms with van der Waals surface area (Å²) in [5, 5.41) is 1.38. The topological polar surface area (TPSA) is 25.8 Å². The maximum Gasteiger partial charge on any atom is 0.144 e. The molecule has 1 aliphatic rings. The molecule has 20 heavy (non-hydrogen) atoms. The number of nitrogens with zero attached hydrogens (tertiary/aromatic N) is 2. The van der Waals surface area contributed by atoms with E-state index in [2.05, 4.69) is 24.0 Å². The largest absolute Gasteiger partial charge is 0.232 e. The van der Waals surface area contributed by atoms with Crippen LogP contribution in [-0.2, 0) is 0 Å². The third kappa shape index (κ3) is 3.13. The van der Waals surface area contributed by atoms with Crippen molar-refractivity contribution < 1.29 is 0 Å². The van der Waals surface area contributed by atoms with Crippen LogP contribution in [0.15, 0.2) is 36.4 Å². The molecule has 0 spiro atoms. The van der Waals surface area contributed by atoms with E-state index in [1.807, 2.05) is 47.8 Å². The normalized spacial score (nSPS) is 22.7. The Morgan fingerprint density at radius 2 is 1.85 bits per heavy atom. The van der Waals surface area contributed by atoms with Gasteiger partial charge in [0.2, 0.25) is 0 Å². The molecule has 0 amide bonds. The first-order valence-electron chi connectivity index (χ1n) is 6.57. The molecule has 5 heteroatoms. The van der Waals surface area contributed by atoms with Gasteiger partial charge >= 0.3 is 0 Å². The highest BCUT2D eigenvalue weighted by Gasteiger charge is 2.27. The lowest BCUT2D eigenvalue weighted by atomic mass is 10.1. The smallest absolute Gasteiger partial charge is 0.144 e. The van der Waals surface area contributed by atoms with Gasteiger partial charge < -0.3 is 0 Å². The molecule has 1 aliphatic heterocycles. The van der Waals surface area contributed by atoms with Crippen LogP contribution in [0.2, 0.25) is 5.15 Å². The minimum atomic E-state index is 0.329. The SMILES string of the molecule is CC1SCCSC1c1nc(Cl)cc(-c2ccccc2)n1. The lowest BCUT2D eigenvalue weighted by Crippen LogP contribution is -2.18. The molecular weight excluding hydrogens is 308 g/mol. The highest BCUT2D eigenvalue weighted by molar-refractivity contribution is 8.06. The molecule has 1 saturated heterocycles. The molecule has 0 radical (unpaired) electrons. The van der Waals surface area contributed by atoms with Gasteiger partial charge in [0, 0.05) is 28.4 Å². The average molecular weight is 323 g/mol. The number of rotatable bonds is 2. The zero-order valence-electron chi connectivity index (χ0n) is 11.1. The number of hydrogen-bond donors (Lipinski definition) is 0. The third-order valence-electron chi connectivity index (χ3n) is 3.22. The molecule has 2 atom stereocenters. The number of benzene rings is 1. The predicted octanol–water partition coefficient (Wildman–Crippen LogP) is 4.71. The van der Waals surface area contributed by atoms with Crippen LogP contribution in [0.1, 0.15) is 18.0 Å². The predicted molar refractivity (Wildman–Crippen MR) is 89.6 cm³/mol. The number of hydrogen-bond acceptors (Lipinski definition) is 4. The fourth-order valence-corrected chi connectivity index (χ4v) is 5.11. The number of halogens is 1. The van der Waals surface area contributed by atoms with E-state index in [1.165, 1.54) is 5.75 Å². The Bertz CT molecular complexity index is 592. The van der Waals surface area contributed by atoms with Crippen molar-refractivity contribution >= 4 is 35.1 Å². The quantitative estimate of drug-likeness (QED) is 0.748. The molecule has 1 aromatic carbocycles. The van der Waals surface area contributed by atoms with Crippen LogP contribution in [0.25, 0.3) is 11.3 Å². The van der Waals surface area contributed by atoms with Crippen LogP contribution in [-0.4, -0.2) is 26.7 Å². The van der Waals surface area contributed by atoms with Gasteiger partial charge in [-0.15, -0.1) is 11.8 Å². The summed E-state index contributed by atoms with van der Waals surface area (Å²) in [5.74, 6) is 3.21. The van der Waals surface area contributed by atoms with E-state index in [9.17, 15) is 0 Å². The molecule has 3 rings (SSSR count). The molecular formula is C15H15ClN2S2. The van der Waals surface area contributed by atoms with Crippen molar-refractivity contribution in [2.24, 2.45) is 0 Å². The molecule has 104 valence electrons. The second-order valence-electron chi connectivity index (χ2n) is 4.67. The van der Waals surface area contributed by atoms with Crippen molar-refractivity contribution in [2.75, 3.05) is 11.5 Å². The summed E-state index contributed by atoms with van der Waals surface area (Å²) in [6, 6.07) is 12.0. The maximum atomic E-state index is 6.20. The standard InChI is InChI=1S/C15H15ClN2S2/c1-10-14(20-8-7-19-10)15-17-12(9-13(16)18-15)11-5-3-2-4-6-11/h2-6,9-10,14H,7-8H2,1H3. The van der Waals surface area contributed by atoms with Crippen molar-refractivity contribution in [1.82, 2.24) is 9.97 Å². The van der Waals surface area contributed by atoms with Crippen LogP contribution < -0.4 is 0 Å².